The van der Waals surface area contributed by atoms with Crippen molar-refractivity contribution in [1.82, 2.24) is 20.2 Å². The van der Waals surface area contributed by atoms with Crippen LogP contribution in [0.15, 0.2) is 12.4 Å². The van der Waals surface area contributed by atoms with Gasteiger partial charge in [0.2, 0.25) is 5.91 Å². The van der Waals surface area contributed by atoms with Crippen LogP contribution in [0, 0.1) is 12.8 Å². The number of carbonyl (C=O) groups excluding carboxylic acids is 2. The third kappa shape index (κ3) is 3.21. The number of carbonyl (C=O) groups is 2. The van der Waals surface area contributed by atoms with Gasteiger partial charge in [-0.15, -0.1) is 0 Å². The summed E-state index contributed by atoms with van der Waals surface area (Å²) >= 11 is 0. The molecule has 2 bridgehead atoms. The van der Waals surface area contributed by atoms with Crippen molar-refractivity contribution >= 4 is 11.8 Å². The Bertz CT molecular complexity index is 585. The van der Waals surface area contributed by atoms with Gasteiger partial charge >= 0.3 is 0 Å². The van der Waals surface area contributed by atoms with E-state index >= 15 is 0 Å². The molecule has 6 heteroatoms. The fourth-order valence-corrected chi connectivity index (χ4v) is 3.72. The van der Waals surface area contributed by atoms with Crippen LogP contribution in [0.1, 0.15) is 55.7 Å². The van der Waals surface area contributed by atoms with Gasteiger partial charge in [-0.25, -0.2) is 4.98 Å². The highest BCUT2D eigenvalue weighted by Crippen LogP contribution is 2.36. The summed E-state index contributed by atoms with van der Waals surface area (Å²) in [7, 11) is 0. The minimum atomic E-state index is -0.175. The molecule has 0 spiro atoms. The van der Waals surface area contributed by atoms with Crippen molar-refractivity contribution in [3.63, 3.8) is 0 Å². The molecule has 23 heavy (non-hydrogen) atoms. The first-order chi connectivity index (χ1) is 11.0. The molecule has 0 radical (unpaired) electrons. The minimum Gasteiger partial charge on any atom is -0.348 e. The number of hydrogen-bond acceptors (Lipinski definition) is 4. The monoisotopic (exact) mass is 316 g/mol. The number of aryl methyl sites for hydroxylation is 1. The highest BCUT2D eigenvalue weighted by atomic mass is 16.2. The Labute approximate surface area is 136 Å². The number of amides is 2. The van der Waals surface area contributed by atoms with E-state index in [1.807, 2.05) is 20.8 Å². The average Bonchev–Trinajstić information content (AvgIpc) is 2.78. The molecule has 1 aromatic heterocycles. The van der Waals surface area contributed by atoms with Gasteiger partial charge in [0.05, 0.1) is 11.9 Å². The fourth-order valence-electron chi connectivity index (χ4n) is 3.72. The van der Waals surface area contributed by atoms with Crippen molar-refractivity contribution in [2.24, 2.45) is 5.92 Å². The molecule has 1 aromatic rings. The maximum Gasteiger partial charge on any atom is 0.271 e. The maximum atomic E-state index is 12.4. The van der Waals surface area contributed by atoms with Gasteiger partial charge in [-0.1, -0.05) is 13.8 Å². The van der Waals surface area contributed by atoms with E-state index in [-0.39, 0.29) is 35.9 Å². The van der Waals surface area contributed by atoms with Gasteiger partial charge in [-0.3, -0.25) is 14.6 Å². The van der Waals surface area contributed by atoms with Gasteiger partial charge in [0.25, 0.3) is 5.91 Å². The molecule has 6 nitrogen and oxygen atoms in total. The van der Waals surface area contributed by atoms with E-state index in [0.717, 1.165) is 31.4 Å². The Balaban J connectivity index is 1.63. The zero-order valence-electron chi connectivity index (χ0n) is 14.0. The Morgan fingerprint density at radius 2 is 1.83 bits per heavy atom. The van der Waals surface area contributed by atoms with Gasteiger partial charge in [0, 0.05) is 30.2 Å². The predicted octanol–water partition coefficient (Wildman–Crippen LogP) is 1.69. The summed E-state index contributed by atoms with van der Waals surface area (Å²) in [6.07, 6.45) is 6.86. The largest absolute Gasteiger partial charge is 0.348 e. The van der Waals surface area contributed by atoms with Crippen molar-refractivity contribution in [1.29, 1.82) is 0 Å². The SMILES string of the molecule is Cc1cnc(C(=O)NC2C[C@H]3CC[C@@H](C2)N3C(=O)C(C)C)cn1. The topological polar surface area (TPSA) is 75.2 Å². The number of rotatable bonds is 3. The summed E-state index contributed by atoms with van der Waals surface area (Å²) in [4.78, 5) is 35.0. The smallest absolute Gasteiger partial charge is 0.271 e. The third-order valence-corrected chi connectivity index (χ3v) is 4.83. The molecule has 2 amide bonds. The van der Waals surface area contributed by atoms with E-state index in [2.05, 4.69) is 20.2 Å². The molecule has 2 aliphatic rings. The molecular weight excluding hydrogens is 292 g/mol. The van der Waals surface area contributed by atoms with E-state index in [0.29, 0.717) is 5.69 Å². The van der Waals surface area contributed by atoms with Gasteiger partial charge < -0.3 is 10.2 Å². The Morgan fingerprint density at radius 3 is 2.35 bits per heavy atom. The molecule has 2 fully saturated rings. The van der Waals surface area contributed by atoms with Crippen molar-refractivity contribution in [2.75, 3.05) is 0 Å². The van der Waals surface area contributed by atoms with E-state index < -0.39 is 0 Å². The standard InChI is InChI=1S/C17H24N4O2/c1-10(2)17(23)21-13-4-5-14(21)7-12(6-13)20-16(22)15-9-18-11(3)8-19-15/h8-10,12-14H,4-7H2,1-3H3,(H,20,22)/t12?,13-,14+. The Kier molecular flexibility index (Phi) is 4.33. The minimum absolute atomic E-state index is 0.0343. The number of nitrogens with zero attached hydrogens (tertiary/aromatic N) is 3. The van der Waals surface area contributed by atoms with Gasteiger partial charge in [0.1, 0.15) is 5.69 Å². The zero-order valence-corrected chi connectivity index (χ0v) is 14.0. The quantitative estimate of drug-likeness (QED) is 0.921. The third-order valence-electron chi connectivity index (χ3n) is 4.83. The Morgan fingerprint density at radius 1 is 1.17 bits per heavy atom. The summed E-state index contributed by atoms with van der Waals surface area (Å²) in [6, 6.07) is 0.635. The summed E-state index contributed by atoms with van der Waals surface area (Å²) < 4.78 is 0. The van der Waals surface area contributed by atoms with Gasteiger partial charge in [-0.2, -0.15) is 0 Å². The van der Waals surface area contributed by atoms with Crippen LogP contribution in [0.3, 0.4) is 0 Å². The van der Waals surface area contributed by atoms with Crippen LogP contribution in [-0.4, -0.2) is 44.8 Å². The summed E-state index contributed by atoms with van der Waals surface area (Å²) in [5.74, 6) is 0.101. The van der Waals surface area contributed by atoms with Crippen molar-refractivity contribution in [3.8, 4) is 0 Å². The van der Waals surface area contributed by atoms with E-state index in [1.165, 1.54) is 6.20 Å². The summed E-state index contributed by atoms with van der Waals surface area (Å²) in [5.41, 5.74) is 1.14. The predicted molar refractivity (Wildman–Crippen MR) is 85.8 cm³/mol. The van der Waals surface area contributed by atoms with Crippen molar-refractivity contribution in [2.45, 2.75) is 64.6 Å². The molecule has 1 unspecified atom stereocenters. The lowest BCUT2D eigenvalue weighted by molar-refractivity contribution is -0.139. The molecule has 1 N–H and O–H groups in total. The lowest BCUT2D eigenvalue weighted by Gasteiger charge is -2.40. The fraction of sp³-hybridized carbons (Fsp3) is 0.647. The number of nitrogens with one attached hydrogen (secondary N) is 1. The average molecular weight is 316 g/mol. The first-order valence-electron chi connectivity index (χ1n) is 8.37. The molecule has 3 atom stereocenters. The number of fused-ring (bicyclic) bond motifs is 2. The molecule has 2 saturated heterocycles. The van der Waals surface area contributed by atoms with Gasteiger partial charge in [-0.05, 0) is 32.6 Å². The van der Waals surface area contributed by atoms with Gasteiger partial charge in [0.15, 0.2) is 0 Å². The molecule has 124 valence electrons. The van der Waals surface area contributed by atoms with E-state index in [4.69, 9.17) is 0 Å². The van der Waals surface area contributed by atoms with E-state index in [9.17, 15) is 9.59 Å². The highest BCUT2D eigenvalue weighted by molar-refractivity contribution is 5.92. The molecule has 2 aliphatic heterocycles. The van der Waals surface area contributed by atoms with Crippen LogP contribution in [0.5, 0.6) is 0 Å². The second-order valence-corrected chi connectivity index (χ2v) is 6.97. The summed E-state index contributed by atoms with van der Waals surface area (Å²) in [5, 5.41) is 3.06. The van der Waals surface area contributed by atoms with Crippen LogP contribution >= 0.6 is 0 Å². The lowest BCUT2D eigenvalue weighted by atomic mass is 9.95. The molecule has 3 heterocycles. The van der Waals surface area contributed by atoms with Crippen molar-refractivity contribution < 1.29 is 9.59 Å². The van der Waals surface area contributed by atoms with Crippen LogP contribution in [0.4, 0.5) is 0 Å². The van der Waals surface area contributed by atoms with E-state index in [1.54, 1.807) is 6.20 Å². The normalized spacial score (nSPS) is 26.4. The molecule has 0 aliphatic carbocycles. The molecule has 0 saturated carbocycles. The molecule has 3 rings (SSSR count). The zero-order chi connectivity index (χ0) is 16.6. The second kappa shape index (κ2) is 6.26. The summed E-state index contributed by atoms with van der Waals surface area (Å²) in [6.45, 7) is 5.74. The lowest BCUT2D eigenvalue weighted by Crippen LogP contribution is -2.53. The number of hydrogen-bond donors (Lipinski definition) is 1. The highest BCUT2D eigenvalue weighted by Gasteiger charge is 2.43. The molecular formula is C17H24N4O2. The first-order valence-corrected chi connectivity index (χ1v) is 8.37. The maximum absolute atomic E-state index is 12.4. The van der Waals surface area contributed by atoms with Crippen LogP contribution in [0.25, 0.3) is 0 Å². The number of aromatic nitrogens is 2. The van der Waals surface area contributed by atoms with Crippen LogP contribution in [-0.2, 0) is 4.79 Å². The van der Waals surface area contributed by atoms with Crippen LogP contribution < -0.4 is 5.32 Å². The molecule has 0 aromatic carbocycles. The van der Waals surface area contributed by atoms with Crippen LogP contribution in [0.2, 0.25) is 0 Å². The second-order valence-electron chi connectivity index (χ2n) is 6.97. The number of piperidine rings is 1. The van der Waals surface area contributed by atoms with Crippen molar-refractivity contribution in [3.05, 3.63) is 23.8 Å². The Hall–Kier alpha value is -1.98. The first kappa shape index (κ1) is 15.9.